The second-order valence-electron chi connectivity index (χ2n) is 7.88. The van der Waals surface area contributed by atoms with Crippen LogP contribution in [0.5, 0.6) is 0 Å². The Morgan fingerprint density at radius 1 is 1.00 bits per heavy atom. The standard InChI is InChI=1S/C24H23F2N5O2/c1-30(21-7-9-31(10-8-21)23(32)16-5-3-2-4-6-16)24(33)29-20-14-27-22(28-15-20)17-11-18(25)13-19(26)12-17/h2-6,11-15,21H,7-10H2,1H3,(H,29,33). The summed E-state index contributed by atoms with van der Waals surface area (Å²) in [4.78, 5) is 36.9. The number of nitrogens with zero attached hydrogens (tertiary/aromatic N) is 4. The van der Waals surface area contributed by atoms with E-state index in [4.69, 9.17) is 0 Å². The number of urea groups is 1. The zero-order valence-electron chi connectivity index (χ0n) is 18.0. The number of rotatable bonds is 4. The van der Waals surface area contributed by atoms with Crippen LogP contribution in [-0.2, 0) is 0 Å². The molecule has 7 nitrogen and oxygen atoms in total. The van der Waals surface area contributed by atoms with Crippen molar-refractivity contribution in [3.63, 3.8) is 0 Å². The van der Waals surface area contributed by atoms with Gasteiger partial charge in [0.1, 0.15) is 11.6 Å². The maximum absolute atomic E-state index is 13.4. The van der Waals surface area contributed by atoms with Crippen molar-refractivity contribution in [2.45, 2.75) is 18.9 Å². The molecule has 0 unspecified atom stereocenters. The first kappa shape index (κ1) is 22.3. The van der Waals surface area contributed by atoms with E-state index in [1.165, 1.54) is 12.4 Å². The molecule has 3 amide bonds. The van der Waals surface area contributed by atoms with Gasteiger partial charge in [-0.15, -0.1) is 0 Å². The smallest absolute Gasteiger partial charge is 0.321 e. The SMILES string of the molecule is CN(C(=O)Nc1cnc(-c2cc(F)cc(F)c2)nc1)C1CCN(C(=O)c2ccccc2)CC1. The van der Waals surface area contributed by atoms with E-state index in [1.54, 1.807) is 29.0 Å². The van der Waals surface area contributed by atoms with Gasteiger partial charge in [0.2, 0.25) is 0 Å². The minimum absolute atomic E-state index is 0.00317. The maximum Gasteiger partial charge on any atom is 0.321 e. The molecule has 3 aromatic rings. The summed E-state index contributed by atoms with van der Waals surface area (Å²) in [7, 11) is 1.71. The van der Waals surface area contributed by atoms with Crippen LogP contribution in [0.4, 0.5) is 19.3 Å². The number of carbonyl (C=O) groups excluding carboxylic acids is 2. The van der Waals surface area contributed by atoms with Crippen molar-refractivity contribution in [1.82, 2.24) is 19.8 Å². The first-order chi connectivity index (χ1) is 15.9. The van der Waals surface area contributed by atoms with Crippen molar-refractivity contribution in [2.75, 3.05) is 25.5 Å². The molecule has 0 atom stereocenters. The summed E-state index contributed by atoms with van der Waals surface area (Å²) in [6.45, 7) is 1.13. The first-order valence-corrected chi connectivity index (χ1v) is 10.6. The Labute approximate surface area is 190 Å². The largest absolute Gasteiger partial charge is 0.338 e. The fourth-order valence-electron chi connectivity index (χ4n) is 3.82. The van der Waals surface area contributed by atoms with Crippen molar-refractivity contribution < 1.29 is 18.4 Å². The van der Waals surface area contributed by atoms with Gasteiger partial charge in [-0.05, 0) is 37.1 Å². The fraction of sp³-hybridized carbons (Fsp3) is 0.250. The highest BCUT2D eigenvalue weighted by atomic mass is 19.1. The molecule has 33 heavy (non-hydrogen) atoms. The van der Waals surface area contributed by atoms with Gasteiger partial charge in [0.15, 0.2) is 5.82 Å². The van der Waals surface area contributed by atoms with E-state index in [-0.39, 0.29) is 29.4 Å². The Bertz CT molecular complexity index is 1110. The lowest BCUT2D eigenvalue weighted by Crippen LogP contribution is -2.48. The molecule has 1 aliphatic heterocycles. The average molecular weight is 451 g/mol. The minimum Gasteiger partial charge on any atom is -0.338 e. The molecule has 0 saturated carbocycles. The van der Waals surface area contributed by atoms with Gasteiger partial charge in [-0.2, -0.15) is 0 Å². The number of aromatic nitrogens is 2. The molecule has 0 spiro atoms. The lowest BCUT2D eigenvalue weighted by atomic mass is 10.0. The van der Waals surface area contributed by atoms with Crippen molar-refractivity contribution in [1.29, 1.82) is 0 Å². The normalized spacial score (nSPS) is 14.1. The van der Waals surface area contributed by atoms with Crippen LogP contribution in [-0.4, -0.2) is 57.9 Å². The van der Waals surface area contributed by atoms with Crippen LogP contribution in [0.15, 0.2) is 60.9 Å². The maximum atomic E-state index is 13.4. The summed E-state index contributed by atoms with van der Waals surface area (Å²) < 4.78 is 26.8. The van der Waals surface area contributed by atoms with Crippen molar-refractivity contribution in [2.24, 2.45) is 0 Å². The van der Waals surface area contributed by atoms with Gasteiger partial charge < -0.3 is 15.1 Å². The first-order valence-electron chi connectivity index (χ1n) is 10.6. The molecular weight excluding hydrogens is 428 g/mol. The molecule has 1 fully saturated rings. The molecule has 2 aromatic carbocycles. The van der Waals surface area contributed by atoms with E-state index in [0.29, 0.717) is 37.2 Å². The van der Waals surface area contributed by atoms with Crippen LogP contribution in [0.25, 0.3) is 11.4 Å². The highest BCUT2D eigenvalue weighted by Crippen LogP contribution is 2.20. The van der Waals surface area contributed by atoms with Gasteiger partial charge in [0.25, 0.3) is 5.91 Å². The van der Waals surface area contributed by atoms with Gasteiger partial charge in [-0.1, -0.05) is 18.2 Å². The lowest BCUT2D eigenvalue weighted by Gasteiger charge is -2.36. The van der Waals surface area contributed by atoms with Gasteiger partial charge in [0, 0.05) is 43.4 Å². The topological polar surface area (TPSA) is 78.4 Å². The molecule has 9 heteroatoms. The van der Waals surface area contributed by atoms with E-state index in [0.717, 1.165) is 18.2 Å². The van der Waals surface area contributed by atoms with Gasteiger partial charge in [-0.3, -0.25) is 4.79 Å². The van der Waals surface area contributed by atoms with Crippen molar-refractivity contribution >= 4 is 17.6 Å². The van der Waals surface area contributed by atoms with Gasteiger partial charge in [0.05, 0.1) is 18.1 Å². The summed E-state index contributed by atoms with van der Waals surface area (Å²) in [6, 6.07) is 11.9. The molecule has 1 aromatic heterocycles. The Morgan fingerprint density at radius 3 is 2.21 bits per heavy atom. The number of carbonyl (C=O) groups is 2. The number of hydrogen-bond donors (Lipinski definition) is 1. The van der Waals surface area contributed by atoms with Crippen molar-refractivity contribution in [3.8, 4) is 11.4 Å². The second kappa shape index (κ2) is 9.72. The molecule has 0 aliphatic carbocycles. The van der Waals surface area contributed by atoms with Crippen LogP contribution in [0.1, 0.15) is 23.2 Å². The summed E-state index contributed by atoms with van der Waals surface area (Å²) in [5.74, 6) is -1.29. The van der Waals surface area contributed by atoms with Crippen LogP contribution in [0.2, 0.25) is 0 Å². The Kier molecular flexibility index (Phi) is 6.58. The third-order valence-electron chi connectivity index (χ3n) is 5.66. The highest BCUT2D eigenvalue weighted by molar-refractivity contribution is 5.94. The van der Waals surface area contributed by atoms with Crippen LogP contribution in [0, 0.1) is 11.6 Å². The van der Waals surface area contributed by atoms with Crippen LogP contribution < -0.4 is 5.32 Å². The summed E-state index contributed by atoms with van der Waals surface area (Å²) in [6.07, 6.45) is 4.11. The van der Waals surface area contributed by atoms with Gasteiger partial charge in [-0.25, -0.2) is 23.5 Å². The Hall–Kier alpha value is -3.88. The van der Waals surface area contributed by atoms with Gasteiger partial charge >= 0.3 is 6.03 Å². The van der Waals surface area contributed by atoms with Crippen LogP contribution in [0.3, 0.4) is 0 Å². The number of benzene rings is 2. The summed E-state index contributed by atoms with van der Waals surface area (Å²) in [5.41, 5.74) is 1.23. The van der Waals surface area contributed by atoms with E-state index in [9.17, 15) is 18.4 Å². The lowest BCUT2D eigenvalue weighted by molar-refractivity contribution is 0.0671. The van der Waals surface area contributed by atoms with E-state index in [2.05, 4.69) is 15.3 Å². The summed E-state index contributed by atoms with van der Waals surface area (Å²) in [5, 5.41) is 2.73. The van der Waals surface area contributed by atoms with E-state index in [1.807, 2.05) is 18.2 Å². The van der Waals surface area contributed by atoms with Crippen LogP contribution >= 0.6 is 0 Å². The number of halogens is 2. The molecule has 1 saturated heterocycles. The zero-order chi connectivity index (χ0) is 23.4. The second-order valence-corrected chi connectivity index (χ2v) is 7.88. The van der Waals surface area contributed by atoms with E-state index >= 15 is 0 Å². The highest BCUT2D eigenvalue weighted by Gasteiger charge is 2.28. The minimum atomic E-state index is -0.718. The Morgan fingerprint density at radius 2 is 1.61 bits per heavy atom. The van der Waals surface area contributed by atoms with E-state index < -0.39 is 11.6 Å². The molecule has 1 N–H and O–H groups in total. The molecule has 2 heterocycles. The average Bonchev–Trinajstić information content (AvgIpc) is 2.83. The molecule has 170 valence electrons. The number of amides is 3. The fourth-order valence-corrected chi connectivity index (χ4v) is 3.82. The quantitative estimate of drug-likeness (QED) is 0.645. The van der Waals surface area contributed by atoms with Crippen molar-refractivity contribution in [3.05, 3.63) is 78.1 Å². The third kappa shape index (κ3) is 5.31. The molecule has 0 radical (unpaired) electrons. The number of nitrogens with one attached hydrogen (secondary N) is 1. The molecule has 1 aliphatic rings. The predicted molar refractivity (Wildman–Crippen MR) is 120 cm³/mol. The summed E-state index contributed by atoms with van der Waals surface area (Å²) >= 11 is 0. The molecular formula is C24H23F2N5O2. The monoisotopic (exact) mass is 451 g/mol. The number of anilines is 1. The third-order valence-corrected chi connectivity index (χ3v) is 5.66. The predicted octanol–water partition coefficient (Wildman–Crippen LogP) is 4.19. The number of likely N-dealkylation sites (tertiary alicyclic amines) is 1. The zero-order valence-corrected chi connectivity index (χ0v) is 18.0. The molecule has 0 bridgehead atoms. The molecule has 4 rings (SSSR count). The number of hydrogen-bond acceptors (Lipinski definition) is 4. The Balaban J connectivity index is 1.32. The number of piperidine rings is 1.